The minimum absolute atomic E-state index is 0.193. The maximum atomic E-state index is 12.0. The molecule has 1 aromatic heterocycles. The lowest BCUT2D eigenvalue weighted by atomic mass is 10.2. The number of anilines is 2. The number of nitrogen functional groups attached to an aromatic ring is 1. The Labute approximate surface area is 110 Å². The van der Waals surface area contributed by atoms with Crippen LogP contribution in [0.25, 0.3) is 0 Å². The van der Waals surface area contributed by atoms with Gasteiger partial charge in [-0.05, 0) is 36.8 Å². The summed E-state index contributed by atoms with van der Waals surface area (Å²) in [5.41, 5.74) is 7.54. The lowest BCUT2D eigenvalue weighted by molar-refractivity contribution is 0.102. The van der Waals surface area contributed by atoms with Crippen LogP contribution in [0.5, 0.6) is 0 Å². The summed E-state index contributed by atoms with van der Waals surface area (Å²) in [5.74, 6) is -0.135. The van der Waals surface area contributed by atoms with E-state index >= 15 is 0 Å². The predicted octanol–water partition coefficient (Wildman–Crippen LogP) is 2.88. The van der Waals surface area contributed by atoms with Crippen molar-refractivity contribution >= 4 is 29.0 Å². The molecule has 0 saturated carbocycles. The smallest absolute Gasteiger partial charge is 0.259 e. The van der Waals surface area contributed by atoms with Crippen molar-refractivity contribution in [2.24, 2.45) is 0 Å². The second-order valence-corrected chi connectivity index (χ2v) is 4.28. The number of benzene rings is 1. The van der Waals surface area contributed by atoms with E-state index in [1.54, 1.807) is 24.3 Å². The van der Waals surface area contributed by atoms with Crippen LogP contribution in [0.3, 0.4) is 0 Å². The van der Waals surface area contributed by atoms with E-state index in [-0.39, 0.29) is 11.7 Å². The molecule has 1 heterocycles. The van der Waals surface area contributed by atoms with E-state index in [9.17, 15) is 4.79 Å². The highest BCUT2D eigenvalue weighted by molar-refractivity contribution is 6.34. The number of carbonyl (C=O) groups excluding carboxylic acids is 1. The molecular formula is C13H12ClN3O. The minimum Gasteiger partial charge on any atom is -0.383 e. The zero-order valence-electron chi connectivity index (χ0n) is 9.77. The molecule has 0 radical (unpaired) electrons. The van der Waals surface area contributed by atoms with Gasteiger partial charge in [-0.1, -0.05) is 17.7 Å². The molecule has 2 aromatic rings. The molecular weight excluding hydrogens is 250 g/mol. The van der Waals surface area contributed by atoms with Crippen LogP contribution in [-0.2, 0) is 0 Å². The van der Waals surface area contributed by atoms with Gasteiger partial charge >= 0.3 is 0 Å². The van der Waals surface area contributed by atoms with Crippen molar-refractivity contribution in [2.75, 3.05) is 11.1 Å². The van der Waals surface area contributed by atoms with Crippen LogP contribution >= 0.6 is 11.6 Å². The highest BCUT2D eigenvalue weighted by atomic mass is 35.5. The van der Waals surface area contributed by atoms with Gasteiger partial charge in [-0.25, -0.2) is 4.98 Å². The van der Waals surface area contributed by atoms with Gasteiger partial charge in [-0.2, -0.15) is 0 Å². The number of amides is 1. The summed E-state index contributed by atoms with van der Waals surface area (Å²) < 4.78 is 0. The molecule has 4 nitrogen and oxygen atoms in total. The number of pyridine rings is 1. The Balaban J connectivity index is 2.24. The largest absolute Gasteiger partial charge is 0.383 e. The molecule has 0 fully saturated rings. The summed E-state index contributed by atoms with van der Waals surface area (Å²) in [4.78, 5) is 15.8. The summed E-state index contributed by atoms with van der Waals surface area (Å²) in [6, 6.07) is 8.67. The van der Waals surface area contributed by atoms with Gasteiger partial charge < -0.3 is 11.1 Å². The third kappa shape index (κ3) is 2.60. The predicted molar refractivity (Wildman–Crippen MR) is 72.8 cm³/mol. The molecule has 0 spiro atoms. The number of halogens is 1. The first-order valence-corrected chi connectivity index (χ1v) is 5.73. The number of aryl methyl sites for hydroxylation is 1. The third-order valence-corrected chi connectivity index (χ3v) is 2.77. The highest BCUT2D eigenvalue weighted by Crippen LogP contribution is 2.23. The molecule has 0 unspecified atom stereocenters. The molecule has 0 aliphatic carbocycles. The van der Waals surface area contributed by atoms with Crippen LogP contribution < -0.4 is 11.1 Å². The van der Waals surface area contributed by atoms with Crippen molar-refractivity contribution in [3.63, 3.8) is 0 Å². The van der Waals surface area contributed by atoms with Crippen molar-refractivity contribution in [2.45, 2.75) is 6.92 Å². The Morgan fingerprint density at radius 3 is 2.83 bits per heavy atom. The number of hydrogen-bond donors (Lipinski definition) is 2. The molecule has 2 rings (SSSR count). The Kier molecular flexibility index (Phi) is 3.48. The Bertz CT molecular complexity index is 599. The Hall–Kier alpha value is -2.07. The van der Waals surface area contributed by atoms with Crippen LogP contribution in [-0.4, -0.2) is 10.9 Å². The van der Waals surface area contributed by atoms with Crippen molar-refractivity contribution in [3.8, 4) is 0 Å². The number of nitrogens with one attached hydrogen (secondary N) is 1. The summed E-state index contributed by atoms with van der Waals surface area (Å²) in [7, 11) is 0. The molecule has 1 aromatic carbocycles. The average Bonchev–Trinajstić information content (AvgIpc) is 2.33. The van der Waals surface area contributed by atoms with Crippen LogP contribution in [0.1, 0.15) is 15.9 Å². The van der Waals surface area contributed by atoms with E-state index in [1.807, 2.05) is 13.0 Å². The van der Waals surface area contributed by atoms with E-state index in [1.165, 1.54) is 6.20 Å². The van der Waals surface area contributed by atoms with Crippen molar-refractivity contribution < 1.29 is 4.79 Å². The second-order valence-electron chi connectivity index (χ2n) is 3.87. The van der Waals surface area contributed by atoms with Gasteiger partial charge in [0, 0.05) is 6.20 Å². The first-order valence-electron chi connectivity index (χ1n) is 5.36. The monoisotopic (exact) mass is 261 g/mol. The van der Waals surface area contributed by atoms with E-state index in [0.717, 1.165) is 5.56 Å². The van der Waals surface area contributed by atoms with Crippen LogP contribution in [0.15, 0.2) is 36.5 Å². The van der Waals surface area contributed by atoms with Crippen molar-refractivity contribution in [1.82, 2.24) is 4.98 Å². The van der Waals surface area contributed by atoms with Gasteiger partial charge in [0.2, 0.25) is 0 Å². The quantitative estimate of drug-likeness (QED) is 0.873. The topological polar surface area (TPSA) is 68.0 Å². The van der Waals surface area contributed by atoms with Gasteiger partial charge in [0.25, 0.3) is 5.91 Å². The molecule has 0 aliphatic rings. The molecule has 0 atom stereocenters. The summed E-state index contributed by atoms with van der Waals surface area (Å²) in [6.07, 6.45) is 1.53. The number of nitrogens with two attached hydrogens (primary N) is 1. The first-order chi connectivity index (χ1) is 8.58. The van der Waals surface area contributed by atoms with Gasteiger partial charge in [0.1, 0.15) is 5.82 Å². The normalized spacial score (nSPS) is 10.1. The number of rotatable bonds is 2. The third-order valence-electron chi connectivity index (χ3n) is 2.46. The van der Waals surface area contributed by atoms with Crippen LogP contribution in [0, 0.1) is 6.92 Å². The Morgan fingerprint density at radius 2 is 2.17 bits per heavy atom. The molecule has 0 saturated heterocycles. The SMILES string of the molecule is Cc1ccc(NC(=O)c2cccnc2N)c(Cl)c1. The second kappa shape index (κ2) is 5.06. The number of nitrogens with zero attached hydrogens (tertiary/aromatic N) is 1. The maximum absolute atomic E-state index is 12.0. The van der Waals surface area contributed by atoms with Crippen LogP contribution in [0.4, 0.5) is 11.5 Å². The highest BCUT2D eigenvalue weighted by Gasteiger charge is 2.11. The fraction of sp³-hybridized carbons (Fsp3) is 0.0769. The zero-order chi connectivity index (χ0) is 13.1. The van der Waals surface area contributed by atoms with Gasteiger partial charge in [-0.3, -0.25) is 4.79 Å². The van der Waals surface area contributed by atoms with Crippen LogP contribution in [0.2, 0.25) is 5.02 Å². The summed E-state index contributed by atoms with van der Waals surface area (Å²) >= 11 is 6.04. The molecule has 92 valence electrons. The van der Waals surface area contributed by atoms with Crippen molar-refractivity contribution in [3.05, 3.63) is 52.7 Å². The standard InChI is InChI=1S/C13H12ClN3O/c1-8-4-5-11(10(14)7-8)17-13(18)9-3-2-6-16-12(9)15/h2-7H,1H3,(H2,15,16)(H,17,18). The van der Waals surface area contributed by atoms with Crippen molar-refractivity contribution in [1.29, 1.82) is 0 Å². The summed E-state index contributed by atoms with van der Waals surface area (Å²) in [5, 5.41) is 3.20. The fourth-order valence-corrected chi connectivity index (χ4v) is 1.80. The fourth-order valence-electron chi connectivity index (χ4n) is 1.52. The summed E-state index contributed by atoms with van der Waals surface area (Å²) in [6.45, 7) is 1.93. The molecule has 18 heavy (non-hydrogen) atoms. The number of hydrogen-bond acceptors (Lipinski definition) is 3. The molecule has 5 heteroatoms. The molecule has 1 amide bonds. The molecule has 3 N–H and O–H groups in total. The van der Waals surface area contributed by atoms with E-state index in [4.69, 9.17) is 17.3 Å². The van der Waals surface area contributed by atoms with E-state index in [0.29, 0.717) is 16.3 Å². The first kappa shape index (κ1) is 12.4. The van der Waals surface area contributed by atoms with E-state index in [2.05, 4.69) is 10.3 Å². The Morgan fingerprint density at radius 1 is 1.39 bits per heavy atom. The average molecular weight is 262 g/mol. The van der Waals surface area contributed by atoms with E-state index < -0.39 is 0 Å². The maximum Gasteiger partial charge on any atom is 0.259 e. The minimum atomic E-state index is -0.327. The molecule has 0 aliphatic heterocycles. The van der Waals surface area contributed by atoms with Gasteiger partial charge in [0.15, 0.2) is 0 Å². The zero-order valence-corrected chi connectivity index (χ0v) is 10.5. The van der Waals surface area contributed by atoms with Gasteiger partial charge in [-0.15, -0.1) is 0 Å². The number of carbonyl (C=O) groups is 1. The number of aromatic nitrogens is 1. The lowest BCUT2D eigenvalue weighted by Gasteiger charge is -2.08. The van der Waals surface area contributed by atoms with Gasteiger partial charge in [0.05, 0.1) is 16.3 Å². The molecule has 0 bridgehead atoms. The lowest BCUT2D eigenvalue weighted by Crippen LogP contribution is -2.14.